The van der Waals surface area contributed by atoms with E-state index in [1.165, 1.54) is 0 Å². The summed E-state index contributed by atoms with van der Waals surface area (Å²) in [6.45, 7) is 5.58. The van der Waals surface area contributed by atoms with Crippen LogP contribution in [0.25, 0.3) is 0 Å². The molecule has 0 bridgehead atoms. The maximum Gasteiger partial charge on any atom is 0.258 e. The molecule has 1 amide bonds. The number of nitrogens with one attached hydrogen (secondary N) is 4. The van der Waals surface area contributed by atoms with Crippen molar-refractivity contribution in [3.05, 3.63) is 88.9 Å². The van der Waals surface area contributed by atoms with E-state index in [9.17, 15) is 22.0 Å². The highest BCUT2D eigenvalue weighted by Gasteiger charge is 2.32. The Hall–Kier alpha value is -4.27. The van der Waals surface area contributed by atoms with Crippen molar-refractivity contribution in [2.75, 3.05) is 55.3 Å². The highest BCUT2D eigenvalue weighted by molar-refractivity contribution is 7.89. The molecule has 0 spiro atoms. The number of aromatic nitrogens is 3. The Bertz CT molecular complexity index is 1750. The Kier molecular flexibility index (Phi) is 8.14. The first-order valence-electron chi connectivity index (χ1n) is 14.4. The molecule has 1 fully saturated rings. The topological polar surface area (TPSA) is 129 Å². The van der Waals surface area contributed by atoms with Gasteiger partial charge in [0.25, 0.3) is 5.91 Å². The summed E-state index contributed by atoms with van der Waals surface area (Å²) in [5, 5.41) is 13.5. The first kappa shape index (κ1) is 29.8. The monoisotopic (exact) mass is 624 g/mol. The maximum absolute atomic E-state index is 13.8. The number of aromatic amines is 2. The summed E-state index contributed by atoms with van der Waals surface area (Å²) < 4.78 is 55.3. The van der Waals surface area contributed by atoms with Gasteiger partial charge < -0.3 is 25.4 Å². The molecule has 2 aliphatic heterocycles. The van der Waals surface area contributed by atoms with Crippen LogP contribution in [0.4, 0.5) is 26.0 Å². The van der Waals surface area contributed by atoms with E-state index in [0.29, 0.717) is 28.6 Å². The van der Waals surface area contributed by atoms with Gasteiger partial charge in [0, 0.05) is 86.3 Å². The molecule has 6 rings (SSSR count). The molecule has 232 valence electrons. The molecule has 14 heteroatoms. The lowest BCUT2D eigenvalue weighted by Crippen LogP contribution is -2.44. The van der Waals surface area contributed by atoms with Crippen LogP contribution in [0.5, 0.6) is 0 Å². The van der Waals surface area contributed by atoms with Crippen molar-refractivity contribution in [3.63, 3.8) is 0 Å². The average Bonchev–Trinajstić information content (AvgIpc) is 3.68. The fourth-order valence-electron chi connectivity index (χ4n) is 5.62. The number of amides is 1. The quantitative estimate of drug-likeness (QED) is 0.234. The van der Waals surface area contributed by atoms with Gasteiger partial charge in [-0.1, -0.05) is 0 Å². The Labute approximate surface area is 254 Å². The zero-order chi connectivity index (χ0) is 31.0. The molecule has 4 aromatic rings. The highest BCUT2D eigenvalue weighted by atomic mass is 32.2. The van der Waals surface area contributed by atoms with Crippen LogP contribution in [0.3, 0.4) is 0 Å². The Morgan fingerprint density at radius 2 is 1.77 bits per heavy atom. The number of piperazine rings is 1. The van der Waals surface area contributed by atoms with E-state index in [4.69, 9.17) is 0 Å². The third-order valence-electron chi connectivity index (χ3n) is 8.18. The van der Waals surface area contributed by atoms with Gasteiger partial charge in [-0.3, -0.25) is 9.89 Å². The lowest BCUT2D eigenvalue weighted by Gasteiger charge is -2.34. The lowest BCUT2D eigenvalue weighted by molar-refractivity contribution is 0.102. The third kappa shape index (κ3) is 6.05. The van der Waals surface area contributed by atoms with Crippen LogP contribution in [-0.4, -0.2) is 78.5 Å². The first-order valence-corrected chi connectivity index (χ1v) is 15.8. The Balaban J connectivity index is 1.26. The largest absolute Gasteiger partial charge is 0.376 e. The zero-order valence-corrected chi connectivity index (χ0v) is 25.2. The molecular weight excluding hydrogens is 590 g/mol. The molecule has 1 unspecified atom stereocenters. The van der Waals surface area contributed by atoms with E-state index in [1.54, 1.807) is 6.07 Å². The van der Waals surface area contributed by atoms with E-state index in [-0.39, 0.29) is 31.4 Å². The predicted molar refractivity (Wildman–Crippen MR) is 163 cm³/mol. The van der Waals surface area contributed by atoms with Crippen molar-refractivity contribution in [3.8, 4) is 0 Å². The van der Waals surface area contributed by atoms with Gasteiger partial charge in [0.1, 0.15) is 11.6 Å². The number of hydrogen-bond acceptors (Lipinski definition) is 7. The van der Waals surface area contributed by atoms with Crippen LogP contribution in [0.1, 0.15) is 40.3 Å². The molecule has 0 radical (unpaired) electrons. The standard InChI is InChI=1S/C30H34F2N8O3S/c1-19(26-4-3-8-33-26)34-28-17-22(39-12-10-38(2)11-13-39)5-6-24(28)30(41)35-29-25-18-40(9-7-27(25)36-37-29)44(42,43)23-15-20(31)14-21(32)16-23/h3-6,8,14-17,19,33-34H,7,9-13,18H2,1-2H3,(H2,35,36,37,41). The molecule has 0 saturated carbocycles. The predicted octanol–water partition coefficient (Wildman–Crippen LogP) is 3.94. The van der Waals surface area contributed by atoms with E-state index in [1.807, 2.05) is 37.4 Å². The normalized spacial score (nSPS) is 16.9. The minimum absolute atomic E-state index is 0.0848. The van der Waals surface area contributed by atoms with Gasteiger partial charge >= 0.3 is 0 Å². The number of H-pyrrole nitrogens is 2. The van der Waals surface area contributed by atoms with Gasteiger partial charge in [0.2, 0.25) is 10.0 Å². The molecular formula is C30H34F2N8O3S. The summed E-state index contributed by atoms with van der Waals surface area (Å²) in [6, 6.07) is 11.7. The van der Waals surface area contributed by atoms with Gasteiger partial charge in [0.15, 0.2) is 5.82 Å². The Morgan fingerprint density at radius 3 is 2.48 bits per heavy atom. The summed E-state index contributed by atoms with van der Waals surface area (Å²) in [4.78, 5) is 21.0. The number of nitrogens with zero attached hydrogens (tertiary/aromatic N) is 4. The number of halogens is 2. The molecule has 44 heavy (non-hydrogen) atoms. The Morgan fingerprint density at radius 1 is 1.02 bits per heavy atom. The van der Waals surface area contributed by atoms with Crippen LogP contribution in [0.15, 0.2) is 59.6 Å². The fourth-order valence-corrected chi connectivity index (χ4v) is 7.07. The molecule has 0 aliphatic carbocycles. The van der Waals surface area contributed by atoms with Crippen LogP contribution < -0.4 is 15.5 Å². The highest BCUT2D eigenvalue weighted by Crippen LogP contribution is 2.31. The number of hydrogen-bond donors (Lipinski definition) is 4. The van der Waals surface area contributed by atoms with Gasteiger partial charge in [-0.05, 0) is 56.4 Å². The summed E-state index contributed by atoms with van der Waals surface area (Å²) in [5.74, 6) is -2.18. The smallest absolute Gasteiger partial charge is 0.258 e. The van der Waals surface area contributed by atoms with E-state index in [0.717, 1.165) is 54.0 Å². The van der Waals surface area contributed by atoms with Crippen LogP contribution in [0, 0.1) is 11.6 Å². The minimum Gasteiger partial charge on any atom is -0.376 e. The summed E-state index contributed by atoms with van der Waals surface area (Å²) in [6.07, 6.45) is 2.13. The van der Waals surface area contributed by atoms with E-state index < -0.39 is 32.5 Å². The van der Waals surface area contributed by atoms with Crippen molar-refractivity contribution in [2.45, 2.75) is 30.8 Å². The first-order chi connectivity index (χ1) is 21.1. The number of carbonyl (C=O) groups is 1. The van der Waals surface area contributed by atoms with Crippen molar-refractivity contribution >= 4 is 33.1 Å². The fraction of sp³-hybridized carbons (Fsp3) is 0.333. The second-order valence-electron chi connectivity index (χ2n) is 11.2. The van der Waals surface area contributed by atoms with Gasteiger partial charge in [-0.2, -0.15) is 9.40 Å². The van der Waals surface area contributed by atoms with Gasteiger partial charge in [0.05, 0.1) is 16.5 Å². The number of benzene rings is 2. The summed E-state index contributed by atoms with van der Waals surface area (Å²) in [5.41, 5.74) is 4.18. The molecule has 4 N–H and O–H groups in total. The van der Waals surface area contributed by atoms with Gasteiger partial charge in [-0.25, -0.2) is 17.2 Å². The van der Waals surface area contributed by atoms with Crippen LogP contribution in [-0.2, 0) is 23.0 Å². The summed E-state index contributed by atoms with van der Waals surface area (Å²) in [7, 11) is -2.11. The maximum atomic E-state index is 13.8. The molecule has 11 nitrogen and oxygen atoms in total. The molecule has 2 aromatic heterocycles. The van der Waals surface area contributed by atoms with E-state index >= 15 is 0 Å². The number of anilines is 3. The summed E-state index contributed by atoms with van der Waals surface area (Å²) >= 11 is 0. The molecule has 4 heterocycles. The van der Waals surface area contributed by atoms with Crippen LogP contribution in [0.2, 0.25) is 0 Å². The average molecular weight is 625 g/mol. The van der Waals surface area contributed by atoms with E-state index in [2.05, 4.69) is 42.7 Å². The SMILES string of the molecule is CC(Nc1cc(N2CCN(C)CC2)ccc1C(=O)Nc1n[nH]c2c1CN(S(=O)(=O)c1cc(F)cc(F)c1)CC2)c1ccc[nH]1. The second kappa shape index (κ2) is 12.0. The van der Waals surface area contributed by atoms with Crippen molar-refractivity contribution < 1.29 is 22.0 Å². The molecule has 2 aromatic carbocycles. The second-order valence-corrected chi connectivity index (χ2v) is 13.1. The number of likely N-dealkylation sites (N-methyl/N-ethyl adjacent to an activating group) is 1. The van der Waals surface area contributed by atoms with Gasteiger partial charge in [-0.15, -0.1) is 0 Å². The van der Waals surface area contributed by atoms with Crippen molar-refractivity contribution in [1.29, 1.82) is 0 Å². The zero-order valence-electron chi connectivity index (χ0n) is 24.4. The third-order valence-corrected chi connectivity index (χ3v) is 10.0. The molecule has 2 aliphatic rings. The minimum atomic E-state index is -4.21. The number of sulfonamides is 1. The van der Waals surface area contributed by atoms with Crippen LogP contribution >= 0.6 is 0 Å². The van der Waals surface area contributed by atoms with Crippen molar-refractivity contribution in [2.24, 2.45) is 0 Å². The molecule has 1 atom stereocenters. The lowest BCUT2D eigenvalue weighted by atomic mass is 10.1. The number of fused-ring (bicyclic) bond motifs is 1. The number of rotatable bonds is 8. The molecule has 1 saturated heterocycles. The van der Waals surface area contributed by atoms with Crippen molar-refractivity contribution in [1.82, 2.24) is 24.4 Å². The number of carbonyl (C=O) groups excluding carboxylic acids is 1.